The molecule has 1 fully saturated rings. The molecule has 2 aliphatic heterocycles. The second-order valence-electron chi connectivity index (χ2n) is 8.77. The Morgan fingerprint density at radius 3 is 2.71 bits per heavy atom. The van der Waals surface area contributed by atoms with E-state index >= 15 is 0 Å². The number of hydrogen-bond donors (Lipinski definition) is 1. The van der Waals surface area contributed by atoms with Gasteiger partial charge >= 0.3 is 0 Å². The summed E-state index contributed by atoms with van der Waals surface area (Å²) in [4.78, 5) is 14.9. The van der Waals surface area contributed by atoms with E-state index in [-0.39, 0.29) is 22.9 Å². The van der Waals surface area contributed by atoms with Crippen molar-refractivity contribution in [1.82, 2.24) is 19.4 Å². The number of sulfonamides is 1. The standard InChI is InChI=1S/C22H30N4O4S/c1-15(2)8-13-26-18-9-11-25(22(27)17-14-16(3)23-24-17)12-10-19(18)30-20-6-4-5-7-21(20)31(26,28)29/h4-7,14-15,18-19H,8-13H2,1-3H3,(H,23,24)/t18-,19-/m0/s1. The molecular weight excluding hydrogens is 416 g/mol. The van der Waals surface area contributed by atoms with E-state index in [2.05, 4.69) is 24.0 Å². The van der Waals surface area contributed by atoms with E-state index in [9.17, 15) is 13.2 Å². The first-order valence-corrected chi connectivity index (χ1v) is 12.3. The van der Waals surface area contributed by atoms with E-state index in [1.54, 1.807) is 39.5 Å². The van der Waals surface area contributed by atoms with Gasteiger partial charge in [0.25, 0.3) is 5.91 Å². The lowest BCUT2D eigenvalue weighted by Gasteiger charge is -2.32. The van der Waals surface area contributed by atoms with Crippen LogP contribution in [0.4, 0.5) is 0 Å². The first-order chi connectivity index (χ1) is 14.8. The van der Waals surface area contributed by atoms with Crippen LogP contribution in [0.25, 0.3) is 0 Å². The van der Waals surface area contributed by atoms with Gasteiger partial charge in [-0.2, -0.15) is 9.40 Å². The van der Waals surface area contributed by atoms with Crippen LogP contribution in [0.1, 0.15) is 49.3 Å². The van der Waals surface area contributed by atoms with Crippen molar-refractivity contribution in [1.29, 1.82) is 0 Å². The molecule has 1 amide bonds. The van der Waals surface area contributed by atoms with Gasteiger partial charge in [0.05, 0.1) is 6.04 Å². The molecule has 1 saturated heterocycles. The summed E-state index contributed by atoms with van der Waals surface area (Å²) in [6.07, 6.45) is 1.52. The van der Waals surface area contributed by atoms with Gasteiger partial charge < -0.3 is 9.64 Å². The maximum atomic E-state index is 13.6. The molecule has 4 rings (SSSR count). The lowest BCUT2D eigenvalue weighted by atomic mass is 10.0. The van der Waals surface area contributed by atoms with Crippen LogP contribution in [-0.4, -0.2) is 65.5 Å². The van der Waals surface area contributed by atoms with Crippen molar-refractivity contribution in [3.63, 3.8) is 0 Å². The number of aromatic amines is 1. The molecule has 1 aromatic carbocycles. The number of benzene rings is 1. The molecular formula is C22H30N4O4S. The highest BCUT2D eigenvalue weighted by Gasteiger charge is 2.43. The van der Waals surface area contributed by atoms with E-state index in [1.807, 2.05) is 6.92 Å². The Bertz CT molecular complexity index is 1050. The largest absolute Gasteiger partial charge is 0.487 e. The van der Waals surface area contributed by atoms with Crippen molar-refractivity contribution in [2.75, 3.05) is 19.6 Å². The van der Waals surface area contributed by atoms with Crippen LogP contribution < -0.4 is 4.74 Å². The SMILES string of the molecule is Cc1cc(C(=O)N2CC[C@@H]3Oc4ccccc4S(=O)(=O)N(CCC(C)C)[C@H]3CC2)n[nH]1. The number of fused-ring (bicyclic) bond motifs is 2. The Morgan fingerprint density at radius 1 is 1.26 bits per heavy atom. The van der Waals surface area contributed by atoms with Crippen molar-refractivity contribution in [3.8, 4) is 5.75 Å². The average molecular weight is 447 g/mol. The molecule has 2 atom stereocenters. The maximum absolute atomic E-state index is 13.6. The highest BCUT2D eigenvalue weighted by Crippen LogP contribution is 2.36. The number of amides is 1. The van der Waals surface area contributed by atoms with Gasteiger partial charge in [0.15, 0.2) is 0 Å². The molecule has 0 bridgehead atoms. The van der Waals surface area contributed by atoms with Crippen LogP contribution in [0.2, 0.25) is 0 Å². The summed E-state index contributed by atoms with van der Waals surface area (Å²) in [7, 11) is -3.70. The number of aromatic nitrogens is 2. The van der Waals surface area contributed by atoms with Crippen molar-refractivity contribution in [2.24, 2.45) is 5.92 Å². The summed E-state index contributed by atoms with van der Waals surface area (Å²) < 4.78 is 35.1. The van der Waals surface area contributed by atoms with E-state index in [1.165, 1.54) is 0 Å². The van der Waals surface area contributed by atoms with E-state index in [4.69, 9.17) is 4.74 Å². The number of hydrogen-bond acceptors (Lipinski definition) is 5. The molecule has 0 radical (unpaired) electrons. The molecule has 0 spiro atoms. The van der Waals surface area contributed by atoms with Gasteiger partial charge in [-0.15, -0.1) is 0 Å². The monoisotopic (exact) mass is 446 g/mol. The molecule has 0 aliphatic carbocycles. The molecule has 0 unspecified atom stereocenters. The minimum atomic E-state index is -3.70. The zero-order chi connectivity index (χ0) is 22.2. The summed E-state index contributed by atoms with van der Waals surface area (Å²) in [5.41, 5.74) is 1.21. The number of nitrogens with one attached hydrogen (secondary N) is 1. The Hall–Kier alpha value is -2.39. The number of likely N-dealkylation sites (tertiary alicyclic amines) is 1. The quantitative estimate of drug-likeness (QED) is 0.779. The number of H-pyrrole nitrogens is 1. The van der Waals surface area contributed by atoms with Crippen LogP contribution in [0.5, 0.6) is 5.75 Å². The molecule has 2 aromatic rings. The first kappa shape index (κ1) is 21.8. The minimum Gasteiger partial charge on any atom is -0.487 e. The number of ether oxygens (including phenoxy) is 1. The Kier molecular flexibility index (Phi) is 6.07. The van der Waals surface area contributed by atoms with Crippen molar-refractivity contribution in [2.45, 2.75) is 57.1 Å². The molecule has 31 heavy (non-hydrogen) atoms. The van der Waals surface area contributed by atoms with Crippen LogP contribution in [0, 0.1) is 12.8 Å². The third-order valence-electron chi connectivity index (χ3n) is 6.03. The molecule has 1 aromatic heterocycles. The molecule has 1 N–H and O–H groups in total. The van der Waals surface area contributed by atoms with E-state index < -0.39 is 10.0 Å². The summed E-state index contributed by atoms with van der Waals surface area (Å²) in [5, 5.41) is 6.90. The molecule has 9 heteroatoms. The van der Waals surface area contributed by atoms with Gasteiger partial charge in [0.1, 0.15) is 22.4 Å². The van der Waals surface area contributed by atoms with Gasteiger partial charge in [-0.3, -0.25) is 9.89 Å². The molecule has 8 nitrogen and oxygen atoms in total. The Morgan fingerprint density at radius 2 is 2.00 bits per heavy atom. The fourth-order valence-corrected chi connectivity index (χ4v) is 6.14. The predicted octanol–water partition coefficient (Wildman–Crippen LogP) is 2.82. The van der Waals surface area contributed by atoms with Crippen LogP contribution in [0.3, 0.4) is 0 Å². The van der Waals surface area contributed by atoms with Gasteiger partial charge in [-0.25, -0.2) is 8.42 Å². The fourth-order valence-electron chi connectivity index (χ4n) is 4.32. The molecule has 168 valence electrons. The molecule has 3 heterocycles. The van der Waals surface area contributed by atoms with Crippen LogP contribution in [0.15, 0.2) is 35.2 Å². The summed E-state index contributed by atoms with van der Waals surface area (Å²) in [6, 6.07) is 8.27. The highest BCUT2D eigenvalue weighted by atomic mass is 32.2. The third-order valence-corrected chi connectivity index (χ3v) is 7.99. The van der Waals surface area contributed by atoms with Crippen molar-refractivity contribution in [3.05, 3.63) is 41.7 Å². The van der Waals surface area contributed by atoms with Crippen molar-refractivity contribution >= 4 is 15.9 Å². The zero-order valence-electron chi connectivity index (χ0n) is 18.2. The Labute approximate surface area is 183 Å². The van der Waals surface area contributed by atoms with Crippen LogP contribution >= 0.6 is 0 Å². The van der Waals surface area contributed by atoms with Gasteiger partial charge in [-0.1, -0.05) is 26.0 Å². The third kappa shape index (κ3) is 4.34. The number of rotatable bonds is 4. The number of carbonyl (C=O) groups excluding carboxylic acids is 1. The average Bonchev–Trinajstić information content (AvgIpc) is 3.02. The number of nitrogens with zero attached hydrogens (tertiary/aromatic N) is 3. The van der Waals surface area contributed by atoms with Crippen molar-refractivity contribution < 1.29 is 17.9 Å². The summed E-state index contributed by atoms with van der Waals surface area (Å²) in [6.45, 7) is 7.42. The zero-order valence-corrected chi connectivity index (χ0v) is 19.1. The predicted molar refractivity (Wildman–Crippen MR) is 116 cm³/mol. The number of aryl methyl sites for hydroxylation is 1. The minimum absolute atomic E-state index is 0.141. The van der Waals surface area contributed by atoms with Gasteiger partial charge in [0, 0.05) is 31.7 Å². The van der Waals surface area contributed by atoms with E-state index in [0.717, 1.165) is 12.1 Å². The summed E-state index contributed by atoms with van der Waals surface area (Å²) >= 11 is 0. The molecule has 0 saturated carbocycles. The smallest absolute Gasteiger partial charge is 0.274 e. The highest BCUT2D eigenvalue weighted by molar-refractivity contribution is 7.89. The maximum Gasteiger partial charge on any atom is 0.274 e. The normalized spacial score (nSPS) is 23.4. The van der Waals surface area contributed by atoms with Crippen LogP contribution in [-0.2, 0) is 10.0 Å². The van der Waals surface area contributed by atoms with E-state index in [0.29, 0.717) is 49.8 Å². The lowest BCUT2D eigenvalue weighted by Crippen LogP contribution is -2.47. The summed E-state index contributed by atoms with van der Waals surface area (Å²) in [5.74, 6) is 0.630. The number of carbonyl (C=O) groups is 1. The fraction of sp³-hybridized carbons (Fsp3) is 0.545. The second-order valence-corrected chi connectivity index (χ2v) is 10.6. The van der Waals surface area contributed by atoms with Gasteiger partial charge in [0.2, 0.25) is 10.0 Å². The Balaban J connectivity index is 1.65. The lowest BCUT2D eigenvalue weighted by molar-refractivity contribution is 0.0749. The molecule has 2 aliphatic rings. The second kappa shape index (κ2) is 8.63. The van der Waals surface area contributed by atoms with Gasteiger partial charge in [-0.05, 0) is 43.9 Å². The first-order valence-electron chi connectivity index (χ1n) is 10.9. The topological polar surface area (TPSA) is 95.6 Å². The number of para-hydroxylation sites is 1.